The highest BCUT2D eigenvalue weighted by Gasteiger charge is 2.22. The average Bonchev–Trinajstić information content (AvgIpc) is 2.84. The van der Waals surface area contributed by atoms with E-state index in [2.05, 4.69) is 4.90 Å². The van der Waals surface area contributed by atoms with Crippen LogP contribution in [-0.4, -0.2) is 17.6 Å². The van der Waals surface area contributed by atoms with E-state index in [1.165, 1.54) is 0 Å². The molecule has 0 radical (unpaired) electrons. The number of hydrogen-bond donors (Lipinski definition) is 1. The first-order valence-corrected chi connectivity index (χ1v) is 6.80. The smallest absolute Gasteiger partial charge is 0.336 e. The second kappa shape index (κ2) is 5.04. The fourth-order valence-corrected chi connectivity index (χ4v) is 2.80. The second-order valence-corrected chi connectivity index (χ2v) is 5.16. The van der Waals surface area contributed by atoms with E-state index in [1.807, 2.05) is 25.1 Å². The number of carboxylic acids is 1. The van der Waals surface area contributed by atoms with E-state index in [4.69, 9.17) is 4.42 Å². The van der Waals surface area contributed by atoms with Crippen molar-refractivity contribution in [3.63, 3.8) is 0 Å². The molecule has 4 heteroatoms. The molecule has 104 valence electrons. The minimum absolute atomic E-state index is 0.420. The molecule has 1 N–H and O–H groups in total. The van der Waals surface area contributed by atoms with Crippen LogP contribution in [0.25, 0.3) is 0 Å². The number of rotatable bonds is 3. The molecule has 1 aliphatic rings. The number of carboxylic acid groups (broad SMARTS) is 1. The number of hydrogen-bond acceptors (Lipinski definition) is 3. The molecule has 0 fully saturated rings. The number of nitrogens with zero attached hydrogens (tertiary/aromatic N) is 1. The van der Waals surface area contributed by atoms with Crippen molar-refractivity contribution in [2.24, 2.45) is 0 Å². The Bertz CT molecular complexity index is 645. The molecule has 0 atom stereocenters. The Morgan fingerprint density at radius 2 is 2.25 bits per heavy atom. The molecule has 0 saturated carbocycles. The molecular weight excluding hydrogens is 254 g/mol. The SMILES string of the molecule is Cc1ccoc1CN1CCCc2c(C(=O)O)cccc21. The zero-order chi connectivity index (χ0) is 14.1. The van der Waals surface area contributed by atoms with Gasteiger partial charge >= 0.3 is 5.97 Å². The normalized spacial score (nSPS) is 14.2. The van der Waals surface area contributed by atoms with Crippen molar-refractivity contribution in [2.45, 2.75) is 26.3 Å². The van der Waals surface area contributed by atoms with Gasteiger partial charge in [-0.25, -0.2) is 4.79 Å². The zero-order valence-corrected chi connectivity index (χ0v) is 11.4. The van der Waals surface area contributed by atoms with Crippen LogP contribution in [0.3, 0.4) is 0 Å². The molecule has 2 heterocycles. The standard InChI is InChI=1S/C16H17NO3/c1-11-7-9-20-15(11)10-17-8-3-5-12-13(16(18)19)4-2-6-14(12)17/h2,4,6-7,9H,3,5,8,10H2,1H3,(H,18,19). The molecule has 0 saturated heterocycles. The number of carbonyl (C=O) groups is 1. The van der Waals surface area contributed by atoms with Crippen LogP contribution in [0.4, 0.5) is 5.69 Å². The fourth-order valence-electron chi connectivity index (χ4n) is 2.80. The summed E-state index contributed by atoms with van der Waals surface area (Å²) in [4.78, 5) is 13.5. The Hall–Kier alpha value is -2.23. The van der Waals surface area contributed by atoms with Crippen molar-refractivity contribution in [2.75, 3.05) is 11.4 Å². The van der Waals surface area contributed by atoms with Crippen molar-refractivity contribution >= 4 is 11.7 Å². The Morgan fingerprint density at radius 1 is 1.40 bits per heavy atom. The highest BCUT2D eigenvalue weighted by molar-refractivity contribution is 5.91. The van der Waals surface area contributed by atoms with Gasteiger partial charge in [-0.2, -0.15) is 0 Å². The Labute approximate surface area is 117 Å². The van der Waals surface area contributed by atoms with Gasteiger partial charge in [0.15, 0.2) is 0 Å². The van der Waals surface area contributed by atoms with E-state index >= 15 is 0 Å². The van der Waals surface area contributed by atoms with Crippen LogP contribution in [0, 0.1) is 6.92 Å². The third-order valence-electron chi connectivity index (χ3n) is 3.88. The van der Waals surface area contributed by atoms with Gasteiger partial charge in [0, 0.05) is 12.2 Å². The van der Waals surface area contributed by atoms with Gasteiger partial charge in [0.1, 0.15) is 5.76 Å². The van der Waals surface area contributed by atoms with Gasteiger partial charge < -0.3 is 14.4 Å². The number of fused-ring (bicyclic) bond motifs is 1. The van der Waals surface area contributed by atoms with Crippen molar-refractivity contribution in [3.8, 4) is 0 Å². The van der Waals surface area contributed by atoms with Crippen LogP contribution in [0.2, 0.25) is 0 Å². The van der Waals surface area contributed by atoms with Crippen LogP contribution in [-0.2, 0) is 13.0 Å². The quantitative estimate of drug-likeness (QED) is 0.931. The maximum absolute atomic E-state index is 11.3. The largest absolute Gasteiger partial charge is 0.478 e. The summed E-state index contributed by atoms with van der Waals surface area (Å²) in [5, 5.41) is 9.29. The number of benzene rings is 1. The Balaban J connectivity index is 1.96. The molecular formula is C16H17NO3. The Morgan fingerprint density at radius 3 is 2.95 bits per heavy atom. The van der Waals surface area contributed by atoms with Gasteiger partial charge in [-0.15, -0.1) is 0 Å². The first kappa shape index (κ1) is 12.8. The van der Waals surface area contributed by atoms with E-state index in [0.29, 0.717) is 12.1 Å². The van der Waals surface area contributed by atoms with Gasteiger partial charge in [-0.3, -0.25) is 0 Å². The van der Waals surface area contributed by atoms with Crippen LogP contribution in [0.1, 0.15) is 33.7 Å². The maximum Gasteiger partial charge on any atom is 0.336 e. The van der Waals surface area contributed by atoms with Gasteiger partial charge in [-0.1, -0.05) is 6.07 Å². The molecule has 0 amide bonds. The summed E-state index contributed by atoms with van der Waals surface area (Å²) in [6.45, 7) is 3.64. The summed E-state index contributed by atoms with van der Waals surface area (Å²) >= 11 is 0. The third kappa shape index (κ3) is 2.18. The molecule has 1 aliphatic heterocycles. The van der Waals surface area contributed by atoms with Crippen LogP contribution in [0.15, 0.2) is 34.9 Å². The summed E-state index contributed by atoms with van der Waals surface area (Å²) in [7, 11) is 0. The summed E-state index contributed by atoms with van der Waals surface area (Å²) in [5.74, 6) is 0.0939. The van der Waals surface area contributed by atoms with Crippen LogP contribution >= 0.6 is 0 Å². The monoisotopic (exact) mass is 271 g/mol. The fraction of sp³-hybridized carbons (Fsp3) is 0.312. The first-order chi connectivity index (χ1) is 9.66. The van der Waals surface area contributed by atoms with Crippen molar-refractivity contribution < 1.29 is 14.3 Å². The summed E-state index contributed by atoms with van der Waals surface area (Å²) in [5.41, 5.74) is 3.51. The number of aromatic carboxylic acids is 1. The van der Waals surface area contributed by atoms with Crippen LogP contribution in [0.5, 0.6) is 0 Å². The number of aryl methyl sites for hydroxylation is 1. The molecule has 4 nitrogen and oxygen atoms in total. The minimum Gasteiger partial charge on any atom is -0.478 e. The minimum atomic E-state index is -0.849. The molecule has 0 spiro atoms. The van der Waals surface area contributed by atoms with Crippen LogP contribution < -0.4 is 4.90 Å². The molecule has 3 rings (SSSR count). The van der Waals surface area contributed by atoms with Gasteiger partial charge in [-0.05, 0) is 49.1 Å². The second-order valence-electron chi connectivity index (χ2n) is 5.16. The molecule has 0 unspecified atom stereocenters. The zero-order valence-electron chi connectivity index (χ0n) is 11.4. The van der Waals surface area contributed by atoms with Gasteiger partial charge in [0.05, 0.1) is 18.4 Å². The predicted molar refractivity (Wildman–Crippen MR) is 76.2 cm³/mol. The number of anilines is 1. The summed E-state index contributed by atoms with van der Waals surface area (Å²) < 4.78 is 5.50. The lowest BCUT2D eigenvalue weighted by atomic mass is 9.96. The third-order valence-corrected chi connectivity index (χ3v) is 3.88. The molecule has 2 aromatic rings. The summed E-state index contributed by atoms with van der Waals surface area (Å²) in [6.07, 6.45) is 3.49. The van der Waals surface area contributed by atoms with Crippen molar-refractivity contribution in [3.05, 3.63) is 53.0 Å². The molecule has 20 heavy (non-hydrogen) atoms. The van der Waals surface area contributed by atoms with E-state index in [9.17, 15) is 9.90 Å². The molecule has 1 aromatic heterocycles. The lowest BCUT2D eigenvalue weighted by Gasteiger charge is -2.31. The number of furan rings is 1. The Kier molecular flexibility index (Phi) is 3.22. The van der Waals surface area contributed by atoms with Crippen molar-refractivity contribution in [1.82, 2.24) is 0 Å². The summed E-state index contributed by atoms with van der Waals surface area (Å²) in [6, 6.07) is 7.45. The van der Waals surface area contributed by atoms with Crippen molar-refractivity contribution in [1.29, 1.82) is 0 Å². The topological polar surface area (TPSA) is 53.7 Å². The molecule has 1 aromatic carbocycles. The highest BCUT2D eigenvalue weighted by atomic mass is 16.4. The van der Waals surface area contributed by atoms with E-state index in [0.717, 1.165) is 42.0 Å². The van der Waals surface area contributed by atoms with E-state index in [1.54, 1.807) is 12.3 Å². The first-order valence-electron chi connectivity index (χ1n) is 6.80. The average molecular weight is 271 g/mol. The maximum atomic E-state index is 11.3. The highest BCUT2D eigenvalue weighted by Crippen LogP contribution is 2.31. The molecule has 0 aliphatic carbocycles. The van der Waals surface area contributed by atoms with Gasteiger partial charge in [0.2, 0.25) is 0 Å². The lowest BCUT2D eigenvalue weighted by Crippen LogP contribution is -2.29. The van der Waals surface area contributed by atoms with E-state index in [-0.39, 0.29) is 0 Å². The van der Waals surface area contributed by atoms with Gasteiger partial charge in [0.25, 0.3) is 0 Å². The predicted octanol–water partition coefficient (Wildman–Crippen LogP) is 3.24. The van der Waals surface area contributed by atoms with E-state index < -0.39 is 5.97 Å². The lowest BCUT2D eigenvalue weighted by molar-refractivity contribution is 0.0695. The molecule has 0 bridgehead atoms.